The topological polar surface area (TPSA) is 86.0 Å². The Morgan fingerprint density at radius 1 is 1.17 bits per heavy atom. The smallest absolute Gasteiger partial charge is 0.453 e. The molecule has 0 atom stereocenters. The third-order valence-corrected chi connectivity index (χ3v) is 4.19. The predicted octanol–water partition coefficient (Wildman–Crippen LogP) is 5.19. The van der Waals surface area contributed by atoms with E-state index in [4.69, 9.17) is 19.0 Å². The van der Waals surface area contributed by atoms with E-state index in [0.717, 1.165) is 6.07 Å². The number of carboxylic acid groups (broad SMARTS) is 1. The van der Waals surface area contributed by atoms with Gasteiger partial charge in [-0.05, 0) is 29.7 Å². The van der Waals surface area contributed by atoms with Crippen LogP contribution in [0.1, 0.15) is 31.1 Å². The third kappa shape index (κ3) is 4.40. The molecule has 0 aliphatic carbocycles. The molecule has 0 saturated carbocycles. The van der Waals surface area contributed by atoms with Crippen LogP contribution in [0.25, 0.3) is 11.0 Å². The molecule has 0 bridgehead atoms. The van der Waals surface area contributed by atoms with E-state index in [-0.39, 0.29) is 22.8 Å². The van der Waals surface area contributed by atoms with Crippen LogP contribution in [0.4, 0.5) is 13.2 Å². The summed E-state index contributed by atoms with van der Waals surface area (Å²) in [5, 5.41) is 8.49. The van der Waals surface area contributed by atoms with Crippen molar-refractivity contribution in [1.82, 2.24) is 0 Å². The fourth-order valence-corrected chi connectivity index (χ4v) is 2.83. The van der Waals surface area contributed by atoms with Crippen molar-refractivity contribution in [2.45, 2.75) is 25.9 Å². The molecule has 0 saturated heterocycles. The van der Waals surface area contributed by atoms with Crippen LogP contribution in [0.3, 0.4) is 0 Å². The fraction of sp³-hybridized carbons (Fsp3) is 0.238. The summed E-state index contributed by atoms with van der Waals surface area (Å²) in [5.74, 6) is -3.82. The number of hydrogen-bond donors (Lipinski definition) is 1. The predicted molar refractivity (Wildman–Crippen MR) is 101 cm³/mol. The maximum absolute atomic E-state index is 13.7. The van der Waals surface area contributed by atoms with E-state index in [1.54, 1.807) is 18.2 Å². The van der Waals surface area contributed by atoms with E-state index in [2.05, 4.69) is 0 Å². The molecule has 0 spiro atoms. The molecule has 6 nitrogen and oxygen atoms in total. The summed E-state index contributed by atoms with van der Waals surface area (Å²) in [5.41, 5.74) is -0.783. The van der Waals surface area contributed by atoms with E-state index in [1.807, 2.05) is 13.8 Å². The van der Waals surface area contributed by atoms with Crippen LogP contribution >= 0.6 is 0 Å². The quantitative estimate of drug-likeness (QED) is 0.588. The lowest BCUT2D eigenvalue weighted by molar-refractivity contribution is -0.154. The van der Waals surface area contributed by atoms with Crippen molar-refractivity contribution in [2.75, 3.05) is 6.61 Å². The Balaban J connectivity index is 2.16. The number of aliphatic carboxylic acids is 1. The van der Waals surface area contributed by atoms with Crippen molar-refractivity contribution in [3.63, 3.8) is 0 Å². The van der Waals surface area contributed by atoms with Gasteiger partial charge in [-0.1, -0.05) is 32.0 Å². The zero-order valence-electron chi connectivity index (χ0n) is 15.9. The van der Waals surface area contributed by atoms with Gasteiger partial charge in [0.2, 0.25) is 11.2 Å². The lowest BCUT2D eigenvalue weighted by Gasteiger charge is -2.16. The SMILES string of the molecule is CC(C)c1ccccc1Oc1c(C(F)(F)F)oc2cc(OCC(=O)O)ccc2c1=O. The highest BCUT2D eigenvalue weighted by atomic mass is 19.4. The minimum atomic E-state index is -5.01. The summed E-state index contributed by atoms with van der Waals surface area (Å²) >= 11 is 0. The van der Waals surface area contributed by atoms with Crippen molar-refractivity contribution in [3.8, 4) is 17.2 Å². The van der Waals surface area contributed by atoms with E-state index in [9.17, 15) is 22.8 Å². The summed E-state index contributed by atoms with van der Waals surface area (Å²) in [4.78, 5) is 23.4. The van der Waals surface area contributed by atoms with Crippen LogP contribution in [0.5, 0.6) is 17.2 Å². The minimum Gasteiger partial charge on any atom is -0.482 e. The van der Waals surface area contributed by atoms with E-state index < -0.39 is 41.3 Å². The zero-order chi connectivity index (χ0) is 22.1. The van der Waals surface area contributed by atoms with Crippen LogP contribution in [-0.2, 0) is 11.0 Å². The number of hydrogen-bond acceptors (Lipinski definition) is 5. The first kappa shape index (κ1) is 21.2. The summed E-state index contributed by atoms with van der Waals surface area (Å²) in [7, 11) is 0. The molecule has 3 aromatic rings. The van der Waals surface area contributed by atoms with Crippen LogP contribution in [-0.4, -0.2) is 17.7 Å². The molecule has 0 fully saturated rings. The minimum absolute atomic E-state index is 0.0556. The zero-order valence-corrected chi connectivity index (χ0v) is 15.9. The van der Waals surface area contributed by atoms with Gasteiger partial charge in [0, 0.05) is 6.07 Å². The van der Waals surface area contributed by atoms with Crippen LogP contribution in [0.15, 0.2) is 51.7 Å². The highest BCUT2D eigenvalue weighted by Crippen LogP contribution is 2.40. The first-order chi connectivity index (χ1) is 14.1. The van der Waals surface area contributed by atoms with E-state index >= 15 is 0 Å². The first-order valence-electron chi connectivity index (χ1n) is 8.87. The number of rotatable bonds is 6. The molecule has 158 valence electrons. The second kappa shape index (κ2) is 8.10. The Morgan fingerprint density at radius 3 is 2.50 bits per heavy atom. The molecule has 0 aliphatic rings. The van der Waals surface area contributed by atoms with E-state index in [1.165, 1.54) is 18.2 Å². The van der Waals surface area contributed by atoms with E-state index in [0.29, 0.717) is 5.56 Å². The van der Waals surface area contributed by atoms with Crippen LogP contribution in [0.2, 0.25) is 0 Å². The van der Waals surface area contributed by atoms with Crippen LogP contribution < -0.4 is 14.9 Å². The van der Waals surface area contributed by atoms with Gasteiger partial charge >= 0.3 is 12.1 Å². The average molecular weight is 422 g/mol. The summed E-state index contributed by atoms with van der Waals surface area (Å²) in [6.07, 6.45) is -5.01. The highest BCUT2D eigenvalue weighted by Gasteiger charge is 2.40. The van der Waals surface area contributed by atoms with Crippen LogP contribution in [0, 0.1) is 0 Å². The summed E-state index contributed by atoms with van der Waals surface area (Å²) in [6.45, 7) is 2.98. The number of carbonyl (C=O) groups is 1. The highest BCUT2D eigenvalue weighted by molar-refractivity contribution is 5.80. The maximum atomic E-state index is 13.7. The Kier molecular flexibility index (Phi) is 5.73. The number of halogens is 3. The normalized spacial score (nSPS) is 11.7. The van der Waals surface area contributed by atoms with Crippen molar-refractivity contribution in [3.05, 3.63) is 64.0 Å². The number of fused-ring (bicyclic) bond motifs is 1. The van der Waals surface area contributed by atoms with Crippen molar-refractivity contribution in [2.24, 2.45) is 0 Å². The molecule has 1 N–H and O–H groups in total. The molecule has 1 aromatic heterocycles. The summed E-state index contributed by atoms with van der Waals surface area (Å²) in [6, 6.07) is 9.96. The Labute approximate surface area is 168 Å². The number of para-hydroxylation sites is 1. The lowest BCUT2D eigenvalue weighted by Crippen LogP contribution is -2.16. The number of benzene rings is 2. The Bertz CT molecular complexity index is 1150. The number of alkyl halides is 3. The van der Waals surface area contributed by atoms with Gasteiger partial charge < -0.3 is 19.0 Å². The Morgan fingerprint density at radius 2 is 1.87 bits per heavy atom. The molecule has 3 rings (SSSR count). The molecule has 30 heavy (non-hydrogen) atoms. The Hall–Kier alpha value is -3.49. The van der Waals surface area contributed by atoms with Gasteiger partial charge in [-0.25, -0.2) is 4.79 Å². The molecule has 2 aromatic carbocycles. The van der Waals surface area contributed by atoms with Gasteiger partial charge in [-0.3, -0.25) is 4.79 Å². The van der Waals surface area contributed by atoms with Gasteiger partial charge in [-0.15, -0.1) is 0 Å². The van der Waals surface area contributed by atoms with Gasteiger partial charge in [-0.2, -0.15) is 13.2 Å². The number of ether oxygens (including phenoxy) is 2. The monoisotopic (exact) mass is 422 g/mol. The third-order valence-electron chi connectivity index (χ3n) is 4.19. The number of carboxylic acids is 1. The van der Waals surface area contributed by atoms with Gasteiger partial charge in [0.1, 0.15) is 17.1 Å². The van der Waals surface area contributed by atoms with Crippen molar-refractivity contribution < 1.29 is 37.0 Å². The fourth-order valence-electron chi connectivity index (χ4n) is 2.83. The van der Waals surface area contributed by atoms with Gasteiger partial charge in [0.05, 0.1) is 5.39 Å². The second-order valence-electron chi connectivity index (χ2n) is 6.72. The maximum Gasteiger partial charge on any atom is 0.453 e. The first-order valence-corrected chi connectivity index (χ1v) is 8.87. The molecule has 0 amide bonds. The lowest BCUT2D eigenvalue weighted by atomic mass is 10.0. The molecular weight excluding hydrogens is 405 g/mol. The molecule has 0 aliphatic heterocycles. The molecule has 0 radical (unpaired) electrons. The largest absolute Gasteiger partial charge is 0.482 e. The standard InChI is InChI=1S/C21H17F3O6/c1-11(2)13-5-3-4-6-15(13)29-19-18(27)14-8-7-12(28-10-17(25)26)9-16(14)30-20(19)21(22,23)24/h3-9,11H,10H2,1-2H3,(H,25,26). The molecule has 0 unspecified atom stereocenters. The van der Waals surface area contributed by atoms with Gasteiger partial charge in [0.15, 0.2) is 6.61 Å². The second-order valence-corrected chi connectivity index (χ2v) is 6.72. The van der Waals surface area contributed by atoms with Gasteiger partial charge in [0.25, 0.3) is 5.76 Å². The molecule has 9 heteroatoms. The molecule has 1 heterocycles. The van der Waals surface area contributed by atoms with Crippen molar-refractivity contribution >= 4 is 16.9 Å². The van der Waals surface area contributed by atoms with Crippen molar-refractivity contribution in [1.29, 1.82) is 0 Å². The average Bonchev–Trinajstić information content (AvgIpc) is 2.67. The molecular formula is C21H17F3O6. The summed E-state index contributed by atoms with van der Waals surface area (Å²) < 4.78 is 56.3.